The second-order valence-corrected chi connectivity index (χ2v) is 5.31. The van der Waals surface area contributed by atoms with Crippen LogP contribution in [0.1, 0.15) is 13.8 Å². The van der Waals surface area contributed by atoms with Gasteiger partial charge < -0.3 is 16.0 Å². The number of hydrogen-bond donors (Lipinski definition) is 2. The summed E-state index contributed by atoms with van der Waals surface area (Å²) in [5.41, 5.74) is 5.52. The molecule has 18 heavy (non-hydrogen) atoms. The topological polar surface area (TPSA) is 84.1 Å². The third-order valence-corrected chi connectivity index (χ3v) is 2.75. The molecule has 1 amide bonds. The van der Waals surface area contributed by atoms with Crippen LogP contribution in [0.2, 0.25) is 0 Å². The molecule has 7 heteroatoms. The maximum Gasteiger partial charge on any atom is 0.239 e. The average molecular weight is 316 g/mol. The Balaban J connectivity index is 2.62. The average Bonchev–Trinajstić information content (AvgIpc) is 2.29. The molecule has 6 nitrogen and oxygen atoms in total. The first kappa shape index (κ1) is 14.7. The van der Waals surface area contributed by atoms with Gasteiger partial charge in [0.1, 0.15) is 5.82 Å². The minimum absolute atomic E-state index is 0.0460. The molecule has 0 atom stereocenters. The summed E-state index contributed by atoms with van der Waals surface area (Å²) < 4.78 is 0.704. The maximum absolute atomic E-state index is 11.7. The molecule has 0 aliphatic rings. The van der Waals surface area contributed by atoms with Crippen molar-refractivity contribution >= 4 is 33.6 Å². The van der Waals surface area contributed by atoms with E-state index in [2.05, 4.69) is 31.2 Å². The number of nitrogens with zero attached hydrogens (tertiary/aromatic N) is 3. The van der Waals surface area contributed by atoms with Gasteiger partial charge in [-0.15, -0.1) is 0 Å². The molecule has 0 saturated heterocycles. The maximum atomic E-state index is 11.7. The highest BCUT2D eigenvalue weighted by Crippen LogP contribution is 2.22. The van der Waals surface area contributed by atoms with Crippen LogP contribution in [0.5, 0.6) is 0 Å². The lowest BCUT2D eigenvalue weighted by Crippen LogP contribution is -2.37. The summed E-state index contributed by atoms with van der Waals surface area (Å²) in [6.45, 7) is 4.99. The predicted molar refractivity (Wildman–Crippen MR) is 75.3 cm³/mol. The summed E-state index contributed by atoms with van der Waals surface area (Å²) in [6, 6.07) is 0. The Labute approximate surface area is 115 Å². The smallest absolute Gasteiger partial charge is 0.239 e. The summed E-state index contributed by atoms with van der Waals surface area (Å²) in [4.78, 5) is 21.3. The van der Waals surface area contributed by atoms with Crippen LogP contribution in [-0.4, -0.2) is 36.0 Å². The van der Waals surface area contributed by atoms with Gasteiger partial charge in [-0.2, -0.15) is 4.98 Å². The second-order valence-electron chi connectivity index (χ2n) is 4.45. The van der Waals surface area contributed by atoms with Gasteiger partial charge in [-0.3, -0.25) is 4.79 Å². The van der Waals surface area contributed by atoms with E-state index in [-0.39, 0.29) is 18.4 Å². The molecular formula is C11H18BrN5O. The highest BCUT2D eigenvalue weighted by atomic mass is 79.9. The number of carbonyl (C=O) groups excluding carboxylic acids is 1. The van der Waals surface area contributed by atoms with E-state index in [0.29, 0.717) is 22.8 Å². The van der Waals surface area contributed by atoms with E-state index in [9.17, 15) is 4.79 Å². The number of halogens is 1. The van der Waals surface area contributed by atoms with E-state index in [1.54, 1.807) is 18.1 Å². The van der Waals surface area contributed by atoms with Crippen LogP contribution in [-0.2, 0) is 4.79 Å². The molecule has 1 aromatic rings. The van der Waals surface area contributed by atoms with E-state index in [1.807, 2.05) is 13.8 Å². The Bertz CT molecular complexity index is 424. The van der Waals surface area contributed by atoms with Gasteiger partial charge in [-0.1, -0.05) is 13.8 Å². The number of anilines is 2. The molecule has 0 aromatic carbocycles. The molecule has 0 spiro atoms. The van der Waals surface area contributed by atoms with Gasteiger partial charge in [0.05, 0.1) is 11.0 Å². The number of aromatic nitrogens is 2. The van der Waals surface area contributed by atoms with Crippen LogP contribution in [0, 0.1) is 5.92 Å². The zero-order chi connectivity index (χ0) is 13.7. The Kier molecular flexibility index (Phi) is 5.33. The van der Waals surface area contributed by atoms with Crippen LogP contribution < -0.4 is 16.0 Å². The fourth-order valence-electron chi connectivity index (χ4n) is 1.30. The SMILES string of the molecule is CC(C)CNC(=O)CN(C)c1nc(N)ncc1Br. The first-order valence-corrected chi connectivity index (χ1v) is 6.45. The van der Waals surface area contributed by atoms with Crippen molar-refractivity contribution in [3.8, 4) is 0 Å². The van der Waals surface area contributed by atoms with E-state index >= 15 is 0 Å². The van der Waals surface area contributed by atoms with E-state index in [0.717, 1.165) is 0 Å². The third-order valence-electron chi connectivity index (χ3n) is 2.19. The summed E-state index contributed by atoms with van der Waals surface area (Å²) in [7, 11) is 1.78. The van der Waals surface area contributed by atoms with Crippen LogP contribution in [0.15, 0.2) is 10.7 Å². The molecule has 100 valence electrons. The summed E-state index contributed by atoms with van der Waals surface area (Å²) in [5.74, 6) is 1.17. The number of likely N-dealkylation sites (N-methyl/N-ethyl adjacent to an activating group) is 1. The van der Waals surface area contributed by atoms with Crippen molar-refractivity contribution in [3.05, 3.63) is 10.7 Å². The molecule has 0 radical (unpaired) electrons. The van der Waals surface area contributed by atoms with E-state index in [1.165, 1.54) is 0 Å². The quantitative estimate of drug-likeness (QED) is 0.847. The number of nitrogen functional groups attached to an aromatic ring is 1. The Hall–Kier alpha value is -1.37. The molecule has 0 aliphatic carbocycles. The number of hydrogen-bond acceptors (Lipinski definition) is 5. The van der Waals surface area contributed by atoms with Gasteiger partial charge in [-0.25, -0.2) is 4.98 Å². The standard InChI is InChI=1S/C11H18BrN5O/c1-7(2)4-14-9(18)6-17(3)10-8(12)5-15-11(13)16-10/h5,7H,4,6H2,1-3H3,(H,14,18)(H2,13,15,16). The molecule has 1 aromatic heterocycles. The number of nitrogens with two attached hydrogens (primary N) is 1. The summed E-state index contributed by atoms with van der Waals surface area (Å²) >= 11 is 3.33. The third kappa shape index (κ3) is 4.48. The molecule has 1 rings (SSSR count). The summed E-state index contributed by atoms with van der Waals surface area (Å²) in [6.07, 6.45) is 1.57. The van der Waals surface area contributed by atoms with Gasteiger partial charge in [0.15, 0.2) is 0 Å². The lowest BCUT2D eigenvalue weighted by atomic mass is 10.2. The van der Waals surface area contributed by atoms with E-state index in [4.69, 9.17) is 5.73 Å². The van der Waals surface area contributed by atoms with Crippen molar-refractivity contribution < 1.29 is 4.79 Å². The number of carbonyl (C=O) groups is 1. The van der Waals surface area contributed by atoms with Crippen molar-refractivity contribution in [1.82, 2.24) is 15.3 Å². The Morgan fingerprint density at radius 3 is 2.89 bits per heavy atom. The normalized spacial score (nSPS) is 10.5. The monoisotopic (exact) mass is 315 g/mol. The Morgan fingerprint density at radius 2 is 2.28 bits per heavy atom. The van der Waals surface area contributed by atoms with Crippen molar-refractivity contribution in [3.63, 3.8) is 0 Å². The highest BCUT2D eigenvalue weighted by molar-refractivity contribution is 9.10. The molecule has 1 heterocycles. The van der Waals surface area contributed by atoms with E-state index < -0.39 is 0 Å². The molecule has 0 fully saturated rings. The lowest BCUT2D eigenvalue weighted by molar-refractivity contribution is -0.119. The van der Waals surface area contributed by atoms with Crippen molar-refractivity contribution in [2.45, 2.75) is 13.8 Å². The van der Waals surface area contributed by atoms with Gasteiger partial charge in [0.2, 0.25) is 11.9 Å². The first-order chi connectivity index (χ1) is 8.40. The minimum atomic E-state index is -0.0460. The molecule has 0 saturated carbocycles. The molecule has 0 unspecified atom stereocenters. The Morgan fingerprint density at radius 1 is 1.61 bits per heavy atom. The minimum Gasteiger partial charge on any atom is -0.368 e. The van der Waals surface area contributed by atoms with Crippen molar-refractivity contribution in [2.75, 3.05) is 30.8 Å². The van der Waals surface area contributed by atoms with Crippen LogP contribution in [0.4, 0.5) is 11.8 Å². The largest absolute Gasteiger partial charge is 0.368 e. The predicted octanol–water partition coefficient (Wildman–Crippen LogP) is 1.03. The van der Waals surface area contributed by atoms with Crippen LogP contribution in [0.3, 0.4) is 0 Å². The fraction of sp³-hybridized carbons (Fsp3) is 0.545. The lowest BCUT2D eigenvalue weighted by Gasteiger charge is -2.19. The summed E-state index contributed by atoms with van der Waals surface area (Å²) in [5, 5.41) is 2.85. The van der Waals surface area contributed by atoms with Gasteiger partial charge in [0, 0.05) is 19.8 Å². The van der Waals surface area contributed by atoms with Gasteiger partial charge in [-0.05, 0) is 21.8 Å². The number of rotatable bonds is 5. The van der Waals surface area contributed by atoms with Gasteiger partial charge in [0.25, 0.3) is 0 Å². The van der Waals surface area contributed by atoms with Crippen molar-refractivity contribution in [2.24, 2.45) is 5.92 Å². The van der Waals surface area contributed by atoms with Crippen molar-refractivity contribution in [1.29, 1.82) is 0 Å². The zero-order valence-electron chi connectivity index (χ0n) is 10.8. The highest BCUT2D eigenvalue weighted by Gasteiger charge is 2.12. The van der Waals surface area contributed by atoms with Gasteiger partial charge >= 0.3 is 0 Å². The zero-order valence-corrected chi connectivity index (χ0v) is 12.4. The second kappa shape index (κ2) is 6.53. The fourth-order valence-corrected chi connectivity index (χ4v) is 1.80. The molecular weight excluding hydrogens is 298 g/mol. The molecule has 0 aliphatic heterocycles. The number of amides is 1. The van der Waals surface area contributed by atoms with Crippen LogP contribution >= 0.6 is 15.9 Å². The first-order valence-electron chi connectivity index (χ1n) is 5.66. The number of nitrogens with one attached hydrogen (secondary N) is 1. The van der Waals surface area contributed by atoms with Crippen LogP contribution in [0.25, 0.3) is 0 Å². The molecule has 3 N–H and O–H groups in total. The molecule has 0 bridgehead atoms.